The summed E-state index contributed by atoms with van der Waals surface area (Å²) in [6.45, 7) is 7.52. The van der Waals surface area contributed by atoms with E-state index in [9.17, 15) is 4.79 Å². The van der Waals surface area contributed by atoms with Crippen molar-refractivity contribution in [2.24, 2.45) is 0 Å². The molecular weight excluding hydrogens is 222 g/mol. The molecule has 0 radical (unpaired) electrons. The number of hydrogen-bond acceptors (Lipinski definition) is 4. The maximum Gasteiger partial charge on any atom is 0.273 e. The van der Waals surface area contributed by atoms with Gasteiger partial charge in [0, 0.05) is 37.5 Å². The van der Waals surface area contributed by atoms with Crippen LogP contribution in [0.1, 0.15) is 35.3 Å². The first kappa shape index (κ1) is 11.5. The average Bonchev–Trinajstić information content (AvgIpc) is 2.78. The predicted octanol–water partition coefficient (Wildman–Crippen LogP) is 1.31. The minimum atomic E-state index is 0.0738. The van der Waals surface area contributed by atoms with Gasteiger partial charge in [0.2, 0.25) is 0 Å². The van der Waals surface area contributed by atoms with Gasteiger partial charge >= 0.3 is 0 Å². The molecule has 0 bridgehead atoms. The van der Waals surface area contributed by atoms with E-state index in [-0.39, 0.29) is 5.91 Å². The van der Waals surface area contributed by atoms with E-state index in [1.165, 1.54) is 0 Å². The molecule has 2 rings (SSSR count). The Morgan fingerprint density at radius 3 is 2.75 bits per heavy atom. The molecule has 16 heavy (non-hydrogen) atoms. The summed E-state index contributed by atoms with van der Waals surface area (Å²) in [5.41, 5.74) is 0.607. The minimum Gasteiger partial charge on any atom is -0.335 e. The third kappa shape index (κ3) is 2.41. The maximum atomic E-state index is 12.1. The molecule has 0 aromatic carbocycles. The van der Waals surface area contributed by atoms with Gasteiger partial charge in [-0.1, -0.05) is 13.8 Å². The number of nitrogens with one attached hydrogen (secondary N) is 1. The lowest BCUT2D eigenvalue weighted by atomic mass is 10.2. The van der Waals surface area contributed by atoms with E-state index in [1.807, 2.05) is 10.3 Å². The number of nitrogens with zero attached hydrogens (tertiary/aromatic N) is 2. The average molecular weight is 239 g/mol. The summed E-state index contributed by atoms with van der Waals surface area (Å²) < 4.78 is 0. The third-order valence-corrected chi connectivity index (χ3v) is 3.78. The second-order valence-electron chi connectivity index (χ2n) is 4.27. The first-order valence-corrected chi connectivity index (χ1v) is 6.52. The summed E-state index contributed by atoms with van der Waals surface area (Å²) in [5, 5.41) is 6.15. The number of piperazine rings is 1. The lowest BCUT2D eigenvalue weighted by Crippen LogP contribution is -2.46. The quantitative estimate of drug-likeness (QED) is 0.846. The zero-order chi connectivity index (χ0) is 11.5. The zero-order valence-corrected chi connectivity index (χ0v) is 10.5. The fourth-order valence-corrected chi connectivity index (χ4v) is 2.49. The van der Waals surface area contributed by atoms with Crippen molar-refractivity contribution < 1.29 is 4.79 Å². The number of carbonyl (C=O) groups excluding carboxylic acids is 1. The molecule has 1 aliphatic rings. The Morgan fingerprint density at radius 1 is 1.50 bits per heavy atom. The van der Waals surface area contributed by atoms with Crippen LogP contribution in [0.2, 0.25) is 0 Å². The van der Waals surface area contributed by atoms with Gasteiger partial charge in [-0.05, 0) is 0 Å². The fourth-order valence-electron chi connectivity index (χ4n) is 1.68. The highest BCUT2D eigenvalue weighted by atomic mass is 32.1. The van der Waals surface area contributed by atoms with Crippen molar-refractivity contribution in [2.75, 3.05) is 26.2 Å². The van der Waals surface area contributed by atoms with E-state index in [4.69, 9.17) is 0 Å². The molecule has 2 heterocycles. The highest BCUT2D eigenvalue weighted by Gasteiger charge is 2.20. The molecule has 0 unspecified atom stereocenters. The Morgan fingerprint density at radius 2 is 2.19 bits per heavy atom. The lowest BCUT2D eigenvalue weighted by molar-refractivity contribution is 0.0730. The van der Waals surface area contributed by atoms with Crippen LogP contribution in [-0.4, -0.2) is 42.0 Å². The normalized spacial score (nSPS) is 16.8. The van der Waals surface area contributed by atoms with E-state index in [2.05, 4.69) is 24.1 Å². The van der Waals surface area contributed by atoms with Crippen molar-refractivity contribution in [1.29, 1.82) is 0 Å². The van der Waals surface area contributed by atoms with Crippen molar-refractivity contribution in [1.82, 2.24) is 15.2 Å². The molecule has 0 spiro atoms. The molecular formula is C11H17N3OS. The van der Waals surface area contributed by atoms with Crippen LogP contribution in [0.4, 0.5) is 0 Å². The summed E-state index contributed by atoms with van der Waals surface area (Å²) in [6, 6.07) is 0. The molecule has 88 valence electrons. The standard InChI is InChI=1S/C11H17N3OS/c1-8(2)10-13-9(7-16-10)11(15)14-5-3-12-4-6-14/h7-8,12H,3-6H2,1-2H3. The number of rotatable bonds is 2. The van der Waals surface area contributed by atoms with Gasteiger partial charge < -0.3 is 10.2 Å². The van der Waals surface area contributed by atoms with E-state index >= 15 is 0 Å². The van der Waals surface area contributed by atoms with Gasteiger partial charge in [-0.2, -0.15) is 0 Å². The largest absolute Gasteiger partial charge is 0.335 e. The van der Waals surface area contributed by atoms with Gasteiger partial charge in [-0.15, -0.1) is 11.3 Å². The number of aromatic nitrogens is 1. The van der Waals surface area contributed by atoms with E-state index < -0.39 is 0 Å². The van der Waals surface area contributed by atoms with Crippen LogP contribution in [0, 0.1) is 0 Å². The maximum absolute atomic E-state index is 12.1. The Hall–Kier alpha value is -0.940. The van der Waals surface area contributed by atoms with Crippen LogP contribution in [0.3, 0.4) is 0 Å². The van der Waals surface area contributed by atoms with E-state index in [0.29, 0.717) is 11.6 Å². The van der Waals surface area contributed by atoms with Crippen LogP contribution >= 0.6 is 11.3 Å². The molecule has 0 saturated carbocycles. The number of thiazole rings is 1. The van der Waals surface area contributed by atoms with Crippen LogP contribution in [0.25, 0.3) is 0 Å². The summed E-state index contributed by atoms with van der Waals surface area (Å²) in [4.78, 5) is 18.3. The number of carbonyl (C=O) groups is 1. The molecule has 1 aliphatic heterocycles. The molecule has 1 fully saturated rings. The molecule has 1 saturated heterocycles. The van der Waals surface area contributed by atoms with Crippen molar-refractivity contribution >= 4 is 17.2 Å². The molecule has 1 aromatic heterocycles. The second-order valence-corrected chi connectivity index (χ2v) is 5.16. The molecule has 0 atom stereocenters. The fraction of sp³-hybridized carbons (Fsp3) is 0.636. The smallest absolute Gasteiger partial charge is 0.273 e. The van der Waals surface area contributed by atoms with Crippen LogP contribution in [0.5, 0.6) is 0 Å². The van der Waals surface area contributed by atoms with Crippen molar-refractivity contribution in [3.8, 4) is 0 Å². The zero-order valence-electron chi connectivity index (χ0n) is 9.69. The highest BCUT2D eigenvalue weighted by Crippen LogP contribution is 2.20. The van der Waals surface area contributed by atoms with Gasteiger partial charge in [-0.3, -0.25) is 4.79 Å². The predicted molar refractivity (Wildman–Crippen MR) is 65.0 cm³/mol. The van der Waals surface area contributed by atoms with Gasteiger partial charge in [0.25, 0.3) is 5.91 Å². The van der Waals surface area contributed by atoms with Crippen LogP contribution < -0.4 is 5.32 Å². The highest BCUT2D eigenvalue weighted by molar-refractivity contribution is 7.09. The van der Waals surface area contributed by atoms with E-state index in [1.54, 1.807) is 11.3 Å². The van der Waals surface area contributed by atoms with Crippen molar-refractivity contribution in [3.63, 3.8) is 0 Å². The topological polar surface area (TPSA) is 45.2 Å². The number of amides is 1. The van der Waals surface area contributed by atoms with Crippen LogP contribution in [-0.2, 0) is 0 Å². The second kappa shape index (κ2) is 4.93. The monoisotopic (exact) mass is 239 g/mol. The van der Waals surface area contributed by atoms with Crippen molar-refractivity contribution in [2.45, 2.75) is 19.8 Å². The summed E-state index contributed by atoms with van der Waals surface area (Å²) in [6.07, 6.45) is 0. The molecule has 5 heteroatoms. The first-order valence-electron chi connectivity index (χ1n) is 5.64. The van der Waals surface area contributed by atoms with E-state index in [0.717, 1.165) is 31.2 Å². The van der Waals surface area contributed by atoms with Gasteiger partial charge in [0.05, 0.1) is 5.01 Å². The molecule has 1 N–H and O–H groups in total. The summed E-state index contributed by atoms with van der Waals surface area (Å²) in [7, 11) is 0. The summed E-state index contributed by atoms with van der Waals surface area (Å²) in [5.74, 6) is 0.472. The van der Waals surface area contributed by atoms with Gasteiger partial charge in [0.15, 0.2) is 0 Å². The summed E-state index contributed by atoms with van der Waals surface area (Å²) >= 11 is 1.58. The number of hydrogen-bond donors (Lipinski definition) is 1. The third-order valence-electron chi connectivity index (χ3n) is 2.64. The van der Waals surface area contributed by atoms with Gasteiger partial charge in [0.1, 0.15) is 5.69 Å². The molecule has 1 amide bonds. The molecule has 4 nitrogen and oxygen atoms in total. The Labute approximate surface area is 99.7 Å². The Balaban J connectivity index is 2.07. The minimum absolute atomic E-state index is 0.0738. The molecule has 0 aliphatic carbocycles. The van der Waals surface area contributed by atoms with Crippen LogP contribution in [0.15, 0.2) is 5.38 Å². The van der Waals surface area contributed by atoms with Gasteiger partial charge in [-0.25, -0.2) is 4.98 Å². The first-order chi connectivity index (χ1) is 7.68. The van der Waals surface area contributed by atoms with Crippen molar-refractivity contribution in [3.05, 3.63) is 16.1 Å². The molecule has 1 aromatic rings. The lowest BCUT2D eigenvalue weighted by Gasteiger charge is -2.26. The SMILES string of the molecule is CC(C)c1nc(C(=O)N2CCNCC2)cs1. The Kier molecular flexibility index (Phi) is 3.56. The Bertz CT molecular complexity index is 369.